The van der Waals surface area contributed by atoms with Crippen molar-refractivity contribution in [1.29, 1.82) is 0 Å². The Morgan fingerprint density at radius 3 is 1.28 bits per heavy atom. The SMILES string of the molecule is C[C@@H](NC(=O)CNC(=O)CNC(=O)CNC(=O)CNC(=O)CNC(=O)CCC(C(=O)O)N1CCN(CC(=O)O)CCN(CC(=O)O)CCN(CC(=O)O)CC1)C(=O)N1CCC[C@H]1B(O)O. The molecule has 12 N–H and O–H groups in total. The fourth-order valence-electron chi connectivity index (χ4n) is 6.85. The molecule has 0 aromatic carbocycles. The highest BCUT2D eigenvalue weighted by Gasteiger charge is 2.38. The molecule has 2 saturated heterocycles. The first-order valence-electron chi connectivity index (χ1n) is 20.7. The highest BCUT2D eigenvalue weighted by molar-refractivity contribution is 6.43. The summed E-state index contributed by atoms with van der Waals surface area (Å²) in [5.74, 6) is -10.7. The van der Waals surface area contributed by atoms with E-state index in [1.807, 2.05) is 0 Å². The van der Waals surface area contributed by atoms with Gasteiger partial charge in [0.2, 0.25) is 41.4 Å². The Balaban J connectivity index is 1.77. The molecule has 1 unspecified atom stereocenters. The third-order valence-corrected chi connectivity index (χ3v) is 10.2. The summed E-state index contributed by atoms with van der Waals surface area (Å²) in [5, 5.41) is 70.9. The van der Waals surface area contributed by atoms with Crippen molar-refractivity contribution in [3.05, 3.63) is 0 Å². The van der Waals surface area contributed by atoms with E-state index in [-0.39, 0.29) is 71.7 Å². The maximum atomic E-state index is 12.7. The van der Waals surface area contributed by atoms with Gasteiger partial charge in [0.05, 0.1) is 58.3 Å². The van der Waals surface area contributed by atoms with Crippen LogP contribution in [-0.4, -0.2) is 257 Å². The number of carboxylic acids is 4. The second-order valence-electron chi connectivity index (χ2n) is 15.3. The molecule has 2 fully saturated rings. The van der Waals surface area contributed by atoms with E-state index in [2.05, 4.69) is 31.9 Å². The van der Waals surface area contributed by atoms with E-state index in [9.17, 15) is 83.2 Å². The molecule has 2 aliphatic heterocycles. The van der Waals surface area contributed by atoms with Gasteiger partial charge in [0.15, 0.2) is 0 Å². The van der Waals surface area contributed by atoms with Crippen LogP contribution in [-0.2, 0) is 52.7 Å². The lowest BCUT2D eigenvalue weighted by molar-refractivity contribution is -0.145. The van der Waals surface area contributed by atoms with Gasteiger partial charge < -0.3 is 67.3 Å². The van der Waals surface area contributed by atoms with Crippen molar-refractivity contribution >= 4 is 72.3 Å². The third-order valence-electron chi connectivity index (χ3n) is 10.2. The molecule has 7 amide bonds. The molecule has 29 heteroatoms. The van der Waals surface area contributed by atoms with Crippen LogP contribution >= 0.6 is 0 Å². The van der Waals surface area contributed by atoms with E-state index in [4.69, 9.17) is 0 Å². The van der Waals surface area contributed by atoms with Gasteiger partial charge in [0, 0.05) is 65.3 Å². The molecule has 0 aromatic heterocycles. The predicted molar refractivity (Wildman–Crippen MR) is 222 cm³/mol. The van der Waals surface area contributed by atoms with Crippen molar-refractivity contribution in [2.24, 2.45) is 0 Å². The van der Waals surface area contributed by atoms with Gasteiger partial charge in [-0.25, -0.2) is 0 Å². The van der Waals surface area contributed by atoms with E-state index in [1.54, 1.807) is 4.90 Å². The highest BCUT2D eigenvalue weighted by atomic mass is 16.4. The summed E-state index contributed by atoms with van der Waals surface area (Å²) in [6.07, 6.45) is 0.329. The molecule has 0 radical (unpaired) electrons. The molecule has 0 bridgehead atoms. The zero-order valence-electron chi connectivity index (χ0n) is 36.1. The first kappa shape index (κ1) is 55.1. The van der Waals surface area contributed by atoms with Crippen LogP contribution in [0.2, 0.25) is 0 Å². The Labute approximate surface area is 373 Å². The molecule has 0 spiro atoms. The second kappa shape index (κ2) is 28.7. The normalized spacial score (nSPS) is 17.8. The van der Waals surface area contributed by atoms with E-state index in [1.165, 1.54) is 26.5 Å². The molecule has 0 aliphatic carbocycles. The number of nitrogens with zero attached hydrogens (tertiary/aromatic N) is 5. The maximum Gasteiger partial charge on any atom is 0.475 e. The molecule has 2 aliphatic rings. The van der Waals surface area contributed by atoms with Crippen molar-refractivity contribution in [2.75, 3.05) is 111 Å². The zero-order valence-corrected chi connectivity index (χ0v) is 36.1. The molecule has 2 heterocycles. The molecular weight excluding hydrogens is 869 g/mol. The number of rotatable bonds is 24. The number of amides is 7. The van der Waals surface area contributed by atoms with E-state index in [0.717, 1.165) is 0 Å². The van der Waals surface area contributed by atoms with Gasteiger partial charge in [-0.2, -0.15) is 0 Å². The van der Waals surface area contributed by atoms with Crippen LogP contribution in [0.4, 0.5) is 0 Å². The molecule has 0 saturated carbocycles. The van der Waals surface area contributed by atoms with Gasteiger partial charge in [0.1, 0.15) is 12.1 Å². The number of carboxylic acid groups (broad SMARTS) is 4. The van der Waals surface area contributed by atoms with Crippen LogP contribution in [0.25, 0.3) is 0 Å². The van der Waals surface area contributed by atoms with Crippen LogP contribution < -0.4 is 31.9 Å². The minimum absolute atomic E-state index is 0.000364. The first-order valence-corrected chi connectivity index (χ1v) is 20.7. The summed E-state index contributed by atoms with van der Waals surface area (Å²) >= 11 is 0. The summed E-state index contributed by atoms with van der Waals surface area (Å²) in [4.78, 5) is 141. The van der Waals surface area contributed by atoms with E-state index >= 15 is 0 Å². The number of carbonyl (C=O) groups is 11. The minimum atomic E-state index is -1.73. The number of carbonyl (C=O) groups excluding carboxylic acids is 7. The first-order chi connectivity index (χ1) is 30.6. The fraction of sp³-hybridized carbons (Fsp3) is 0.694. The average Bonchev–Trinajstić information content (AvgIpc) is 3.73. The molecule has 65 heavy (non-hydrogen) atoms. The van der Waals surface area contributed by atoms with Crippen molar-refractivity contribution in [3.8, 4) is 0 Å². The zero-order chi connectivity index (χ0) is 48.6. The van der Waals surface area contributed by atoms with Crippen LogP contribution in [0.5, 0.6) is 0 Å². The predicted octanol–water partition coefficient (Wildman–Crippen LogP) is -8.22. The number of hydrogen-bond acceptors (Lipinski definition) is 17. The largest absolute Gasteiger partial charge is 0.480 e. The van der Waals surface area contributed by atoms with Crippen LogP contribution in [0.1, 0.15) is 32.6 Å². The Bertz CT molecular complexity index is 1680. The smallest absolute Gasteiger partial charge is 0.475 e. The molecule has 3 atom stereocenters. The molecule has 0 aromatic rings. The van der Waals surface area contributed by atoms with Crippen molar-refractivity contribution in [1.82, 2.24) is 56.4 Å². The van der Waals surface area contributed by atoms with Gasteiger partial charge in [-0.05, 0) is 26.2 Å². The quantitative estimate of drug-likeness (QED) is 0.0400. The molecule has 364 valence electrons. The summed E-state index contributed by atoms with van der Waals surface area (Å²) in [6.45, 7) is -1.81. The minimum Gasteiger partial charge on any atom is -0.480 e. The van der Waals surface area contributed by atoms with Gasteiger partial charge in [0.25, 0.3) is 0 Å². The number of hydrogen-bond donors (Lipinski definition) is 12. The van der Waals surface area contributed by atoms with E-state index < -0.39 is 136 Å². The maximum absolute atomic E-state index is 12.7. The Kier molecular flexibility index (Phi) is 24.4. The lowest BCUT2D eigenvalue weighted by Crippen LogP contribution is -2.54. The molecule has 28 nitrogen and oxygen atoms in total. The van der Waals surface area contributed by atoms with Crippen LogP contribution in [0, 0.1) is 0 Å². The van der Waals surface area contributed by atoms with Crippen molar-refractivity contribution in [2.45, 2.75) is 50.6 Å². The fourth-order valence-corrected chi connectivity index (χ4v) is 6.85. The van der Waals surface area contributed by atoms with Crippen LogP contribution in [0.15, 0.2) is 0 Å². The topological polar surface area (TPSA) is 398 Å². The summed E-state index contributed by atoms with van der Waals surface area (Å²) in [6, 6.07) is -2.30. The van der Waals surface area contributed by atoms with Crippen molar-refractivity contribution < 1.29 is 83.2 Å². The summed E-state index contributed by atoms with van der Waals surface area (Å²) in [5.41, 5.74) is 0. The van der Waals surface area contributed by atoms with Crippen LogP contribution in [0.3, 0.4) is 0 Å². The van der Waals surface area contributed by atoms with Gasteiger partial charge >= 0.3 is 31.0 Å². The van der Waals surface area contributed by atoms with Gasteiger partial charge in [-0.15, -0.1) is 0 Å². The Morgan fingerprint density at radius 1 is 0.538 bits per heavy atom. The van der Waals surface area contributed by atoms with Gasteiger partial charge in [-0.3, -0.25) is 72.3 Å². The van der Waals surface area contributed by atoms with E-state index in [0.29, 0.717) is 19.4 Å². The number of nitrogens with one attached hydrogen (secondary N) is 6. The Hall–Kier alpha value is -6.01. The third kappa shape index (κ3) is 22.5. The average molecular weight is 930 g/mol. The second-order valence-corrected chi connectivity index (χ2v) is 15.3. The summed E-state index contributed by atoms with van der Waals surface area (Å²) in [7, 11) is -1.73. The lowest BCUT2D eigenvalue weighted by Gasteiger charge is -2.35. The number of aliphatic carboxylic acids is 4. The van der Waals surface area contributed by atoms with Gasteiger partial charge in [-0.1, -0.05) is 0 Å². The Morgan fingerprint density at radius 2 is 0.908 bits per heavy atom. The number of likely N-dealkylation sites (tertiary alicyclic amines) is 1. The monoisotopic (exact) mass is 929 g/mol. The highest BCUT2D eigenvalue weighted by Crippen LogP contribution is 2.19. The molecule has 2 rings (SSSR count). The summed E-state index contributed by atoms with van der Waals surface area (Å²) < 4.78 is 0. The standard InChI is InChI=1S/C36H60BN11O17/c1-23(35(61)48-6-2-3-25(48)37(64)65)43-31(54)19-42-30(53)18-41-29(52)17-40-28(51)16-39-27(50)15-38-26(49)5-4-24(36(62)63)47-13-11-45(21-33(57)58)9-7-44(20-32(55)56)8-10-46(12-14-47)22-34(59)60/h23-25,64-65H,2-22H2,1H3,(H,38,49)(H,39,50)(H,40,51)(H,41,52)(H,42,53)(H,43,54)(H,55,56)(H,57,58)(H,59,60)(H,62,63)/t23-,24?,25+/m1/s1. The molecular formula is C36H60BN11O17. The van der Waals surface area contributed by atoms with Crippen molar-refractivity contribution in [3.63, 3.8) is 0 Å². The lowest BCUT2D eigenvalue weighted by atomic mass is 9.78.